The Morgan fingerprint density at radius 1 is 1.18 bits per heavy atom. The summed E-state index contributed by atoms with van der Waals surface area (Å²) in [7, 11) is -0.779. The van der Waals surface area contributed by atoms with Gasteiger partial charge in [-0.15, -0.1) is 0 Å². The fourth-order valence-electron chi connectivity index (χ4n) is 0.956. The second kappa shape index (κ2) is 3.42. The van der Waals surface area contributed by atoms with Crippen LogP contribution in [0.3, 0.4) is 0 Å². The Kier molecular flexibility index (Phi) is 2.74. The lowest BCUT2D eigenvalue weighted by Crippen LogP contribution is -2.20. The molecule has 0 bridgehead atoms. The Bertz CT molecular complexity index is 256. The van der Waals surface area contributed by atoms with Gasteiger partial charge in [-0.2, -0.15) is 11.1 Å². The van der Waals surface area contributed by atoms with E-state index in [1.54, 1.807) is 0 Å². The van der Waals surface area contributed by atoms with E-state index in [-0.39, 0.29) is 0 Å². The average Bonchev–Trinajstić information content (AvgIpc) is 1.94. The van der Waals surface area contributed by atoms with Gasteiger partial charge in [-0.1, -0.05) is 24.7 Å². The summed E-state index contributed by atoms with van der Waals surface area (Å²) >= 11 is 6.03. The van der Waals surface area contributed by atoms with Crippen LogP contribution in [0.25, 0.3) is 0 Å². The molecule has 11 heavy (non-hydrogen) atoms. The number of aryl methyl sites for hydroxylation is 2. The van der Waals surface area contributed by atoms with Gasteiger partial charge in [-0.05, 0) is 30.2 Å². The first kappa shape index (κ1) is 8.82. The highest BCUT2D eigenvalue weighted by Crippen LogP contribution is 2.04. The molecule has 0 aromatic heterocycles. The number of rotatable bonds is 1. The Morgan fingerprint density at radius 3 is 2.27 bits per heavy atom. The minimum atomic E-state index is -0.779. The van der Waals surface area contributed by atoms with Crippen molar-refractivity contribution in [2.75, 3.05) is 0 Å². The summed E-state index contributed by atoms with van der Waals surface area (Å²) in [5.41, 5.74) is 2.68. The lowest BCUT2D eigenvalue weighted by Gasteiger charge is -2.04. The van der Waals surface area contributed by atoms with Crippen LogP contribution >= 0.6 is 11.1 Å². The molecule has 0 aliphatic carbocycles. The highest BCUT2D eigenvalue weighted by molar-refractivity contribution is 7.13. The van der Waals surface area contributed by atoms with Crippen molar-refractivity contribution in [3.63, 3.8) is 0 Å². The second-order valence-corrected chi connectivity index (χ2v) is 6.18. The maximum absolute atomic E-state index is 6.03. The van der Waals surface area contributed by atoms with Gasteiger partial charge in [0.2, 0.25) is 0 Å². The number of hydrogen-bond acceptors (Lipinski definition) is 0. The van der Waals surface area contributed by atoms with Gasteiger partial charge in [0.15, 0.2) is 8.11 Å². The molecule has 1 aromatic rings. The van der Waals surface area contributed by atoms with Crippen molar-refractivity contribution in [3.8, 4) is 0 Å². The Balaban J connectivity index is 3.05. The standard InChI is InChI=1S/C9H12ClSi/c1-7-4-5-9(11(3)10)6-8(7)2/h4-6H,1-3H3. The highest BCUT2D eigenvalue weighted by atomic mass is 35.6. The highest BCUT2D eigenvalue weighted by Gasteiger charge is 2.03. The van der Waals surface area contributed by atoms with E-state index in [2.05, 4.69) is 38.6 Å². The summed E-state index contributed by atoms with van der Waals surface area (Å²) in [4.78, 5) is 0. The molecule has 0 saturated heterocycles. The molecule has 0 fully saturated rings. The van der Waals surface area contributed by atoms with Gasteiger partial charge >= 0.3 is 0 Å². The van der Waals surface area contributed by atoms with Crippen molar-refractivity contribution in [3.05, 3.63) is 29.3 Å². The molecule has 0 aliphatic rings. The van der Waals surface area contributed by atoms with Gasteiger partial charge in [0.1, 0.15) is 0 Å². The molecule has 0 N–H and O–H groups in total. The topological polar surface area (TPSA) is 0 Å². The van der Waals surface area contributed by atoms with E-state index >= 15 is 0 Å². The van der Waals surface area contributed by atoms with Gasteiger partial charge in [0, 0.05) is 0 Å². The smallest absolute Gasteiger partial charge is 0.163 e. The van der Waals surface area contributed by atoms with Crippen LogP contribution in [-0.4, -0.2) is 8.11 Å². The summed E-state index contributed by atoms with van der Waals surface area (Å²) in [6.45, 7) is 6.34. The number of halogens is 1. The molecule has 1 radical (unpaired) electrons. The Labute approximate surface area is 74.5 Å². The van der Waals surface area contributed by atoms with Crippen LogP contribution in [0.1, 0.15) is 11.1 Å². The summed E-state index contributed by atoms with van der Waals surface area (Å²) in [6, 6.07) is 6.46. The molecule has 1 aromatic carbocycles. The SMILES string of the molecule is Cc1ccc([Si](C)Cl)cc1C. The molecule has 0 amide bonds. The first-order valence-electron chi connectivity index (χ1n) is 3.68. The Hall–Kier alpha value is -0.273. The van der Waals surface area contributed by atoms with Gasteiger partial charge < -0.3 is 0 Å². The van der Waals surface area contributed by atoms with E-state index in [0.717, 1.165) is 0 Å². The Morgan fingerprint density at radius 2 is 1.82 bits per heavy atom. The fourth-order valence-corrected chi connectivity index (χ4v) is 2.04. The average molecular weight is 184 g/mol. The van der Waals surface area contributed by atoms with Gasteiger partial charge in [-0.3, -0.25) is 0 Å². The van der Waals surface area contributed by atoms with E-state index in [9.17, 15) is 0 Å². The number of hydrogen-bond donors (Lipinski definition) is 0. The van der Waals surface area contributed by atoms with Crippen molar-refractivity contribution in [2.24, 2.45) is 0 Å². The molecule has 0 atom stereocenters. The molecule has 2 heteroatoms. The molecular formula is C9H12ClSi. The molecule has 1 rings (SSSR count). The molecular weight excluding hydrogens is 172 g/mol. The van der Waals surface area contributed by atoms with E-state index in [0.29, 0.717) is 0 Å². The van der Waals surface area contributed by atoms with Crippen LogP contribution in [0.15, 0.2) is 18.2 Å². The molecule has 0 aliphatic heterocycles. The largest absolute Gasteiger partial charge is 0.196 e. The van der Waals surface area contributed by atoms with E-state index in [4.69, 9.17) is 11.1 Å². The molecule has 59 valence electrons. The van der Waals surface area contributed by atoms with E-state index < -0.39 is 8.11 Å². The first-order chi connectivity index (χ1) is 5.11. The molecule has 0 nitrogen and oxygen atoms in total. The third kappa shape index (κ3) is 2.08. The number of benzene rings is 1. The van der Waals surface area contributed by atoms with Crippen LogP contribution in [0.5, 0.6) is 0 Å². The van der Waals surface area contributed by atoms with Crippen molar-refractivity contribution < 1.29 is 0 Å². The van der Waals surface area contributed by atoms with E-state index in [1.165, 1.54) is 16.3 Å². The van der Waals surface area contributed by atoms with Crippen LogP contribution in [0.4, 0.5) is 0 Å². The van der Waals surface area contributed by atoms with Crippen LogP contribution in [-0.2, 0) is 0 Å². The summed E-state index contributed by atoms with van der Waals surface area (Å²) in [5.74, 6) is 0. The fraction of sp³-hybridized carbons (Fsp3) is 0.333. The minimum Gasteiger partial charge on any atom is -0.163 e. The molecule has 0 unspecified atom stereocenters. The van der Waals surface area contributed by atoms with Gasteiger partial charge in [0.25, 0.3) is 0 Å². The normalized spacial score (nSPS) is 10.6. The quantitative estimate of drug-likeness (QED) is 0.463. The third-order valence-electron chi connectivity index (χ3n) is 1.90. The summed E-state index contributed by atoms with van der Waals surface area (Å²) in [6.07, 6.45) is 0. The molecule has 0 spiro atoms. The van der Waals surface area contributed by atoms with Crippen LogP contribution in [0.2, 0.25) is 6.55 Å². The second-order valence-electron chi connectivity index (χ2n) is 2.83. The van der Waals surface area contributed by atoms with E-state index in [1.807, 2.05) is 0 Å². The van der Waals surface area contributed by atoms with Crippen molar-refractivity contribution in [1.82, 2.24) is 0 Å². The zero-order chi connectivity index (χ0) is 8.43. The van der Waals surface area contributed by atoms with Gasteiger partial charge in [0.05, 0.1) is 0 Å². The lowest BCUT2D eigenvalue weighted by molar-refractivity contribution is 1.35. The van der Waals surface area contributed by atoms with Gasteiger partial charge in [-0.25, -0.2) is 0 Å². The molecule has 0 saturated carbocycles. The zero-order valence-electron chi connectivity index (χ0n) is 7.11. The van der Waals surface area contributed by atoms with Crippen LogP contribution < -0.4 is 5.19 Å². The maximum Gasteiger partial charge on any atom is 0.196 e. The van der Waals surface area contributed by atoms with Crippen molar-refractivity contribution in [2.45, 2.75) is 20.4 Å². The zero-order valence-corrected chi connectivity index (χ0v) is 8.87. The lowest BCUT2D eigenvalue weighted by atomic mass is 10.1. The predicted octanol–water partition coefficient (Wildman–Crippen LogP) is 2.37. The molecule has 0 heterocycles. The van der Waals surface area contributed by atoms with Crippen molar-refractivity contribution >= 4 is 24.4 Å². The summed E-state index contributed by atoms with van der Waals surface area (Å²) in [5, 5.41) is 1.31. The minimum absolute atomic E-state index is 0.779. The predicted molar refractivity (Wildman–Crippen MR) is 53.0 cm³/mol. The monoisotopic (exact) mass is 183 g/mol. The summed E-state index contributed by atoms with van der Waals surface area (Å²) < 4.78 is 0. The van der Waals surface area contributed by atoms with Crippen LogP contribution in [0, 0.1) is 13.8 Å². The maximum atomic E-state index is 6.03. The third-order valence-corrected chi connectivity index (χ3v) is 3.67. The first-order valence-corrected chi connectivity index (χ1v) is 6.69. The van der Waals surface area contributed by atoms with Crippen molar-refractivity contribution in [1.29, 1.82) is 0 Å².